The number of nitrogens with zero attached hydrogens (tertiary/aromatic N) is 2. The van der Waals surface area contributed by atoms with Gasteiger partial charge in [0.25, 0.3) is 0 Å². The van der Waals surface area contributed by atoms with Crippen LogP contribution in [0.5, 0.6) is 5.75 Å². The van der Waals surface area contributed by atoms with Gasteiger partial charge >= 0.3 is 0 Å². The summed E-state index contributed by atoms with van der Waals surface area (Å²) in [5.74, 6) is 0.873. The van der Waals surface area contributed by atoms with Crippen LogP contribution < -0.4 is 10.2 Å². The van der Waals surface area contributed by atoms with Gasteiger partial charge in [-0.3, -0.25) is 5.50 Å². The highest BCUT2D eigenvalue weighted by atomic mass is 31.2. The molecule has 0 fully saturated rings. The van der Waals surface area contributed by atoms with Gasteiger partial charge in [0, 0.05) is 23.3 Å². The molecule has 0 atom stereocenters. The summed E-state index contributed by atoms with van der Waals surface area (Å²) in [5, 5.41) is 8.71. The number of nitrogens with two attached hydrogens (primary N) is 1. The van der Waals surface area contributed by atoms with E-state index >= 15 is 0 Å². The summed E-state index contributed by atoms with van der Waals surface area (Å²) in [5.41, 5.74) is 7.80. The third kappa shape index (κ3) is 9.33. The predicted molar refractivity (Wildman–Crippen MR) is 176 cm³/mol. The standard InChI is InChI=1S/C35H47N2O2.H4NO2P/c1-29(2)37(30(3)4,26-14-6-7-15-27-39-28-16-25-36)35(31-17-10-8-11-18-31,32-19-12-9-13-20-32)33-21-23-34(38-5)24-22-33;1-4(2)3/h8-13,17-24,29-30H,6-7,14-16,26-28H2,1-5H3;2-3H,1H2/q+1;. The lowest BCUT2D eigenvalue weighted by molar-refractivity contribution is -1.01. The molecule has 7 nitrogen and oxygen atoms in total. The van der Waals surface area contributed by atoms with Crippen LogP contribution in [0.3, 0.4) is 0 Å². The summed E-state index contributed by atoms with van der Waals surface area (Å²) >= 11 is 0. The lowest BCUT2D eigenvalue weighted by Gasteiger charge is -2.59. The Morgan fingerprint density at radius 1 is 0.767 bits per heavy atom. The van der Waals surface area contributed by atoms with Gasteiger partial charge in [-0.25, -0.2) is 0 Å². The third-order valence-electron chi connectivity index (χ3n) is 8.28. The van der Waals surface area contributed by atoms with Gasteiger partial charge in [0.2, 0.25) is 8.53 Å². The summed E-state index contributed by atoms with van der Waals surface area (Å²) in [7, 11) is -0.390. The molecule has 0 bridgehead atoms. The second-order valence-corrected chi connectivity index (χ2v) is 11.9. The Kier molecular flexibility index (Phi) is 15.9. The first kappa shape index (κ1) is 36.4. The molecule has 0 radical (unpaired) electrons. The quantitative estimate of drug-likeness (QED) is 0.0683. The van der Waals surface area contributed by atoms with Gasteiger partial charge in [0.1, 0.15) is 5.75 Å². The van der Waals surface area contributed by atoms with Crippen molar-refractivity contribution in [2.75, 3.05) is 26.9 Å². The van der Waals surface area contributed by atoms with E-state index in [0.717, 1.165) is 49.1 Å². The van der Waals surface area contributed by atoms with Crippen molar-refractivity contribution >= 4 is 8.53 Å². The van der Waals surface area contributed by atoms with Gasteiger partial charge in [-0.2, -0.15) is 5.26 Å². The summed E-state index contributed by atoms with van der Waals surface area (Å²) in [4.78, 5) is 14.9. The van der Waals surface area contributed by atoms with Crippen LogP contribution in [0.4, 0.5) is 0 Å². The molecule has 0 aliphatic rings. The van der Waals surface area contributed by atoms with Crippen LogP contribution >= 0.6 is 8.53 Å². The van der Waals surface area contributed by atoms with Crippen LogP contribution in [-0.4, -0.2) is 53.2 Å². The predicted octanol–water partition coefficient (Wildman–Crippen LogP) is 7.27. The zero-order valence-corrected chi connectivity index (χ0v) is 27.4. The highest BCUT2D eigenvalue weighted by Gasteiger charge is 2.57. The van der Waals surface area contributed by atoms with E-state index < -0.39 is 14.1 Å². The fourth-order valence-electron chi connectivity index (χ4n) is 6.62. The van der Waals surface area contributed by atoms with E-state index in [1.165, 1.54) is 16.7 Å². The van der Waals surface area contributed by atoms with E-state index in [-0.39, 0.29) is 0 Å². The third-order valence-corrected chi connectivity index (χ3v) is 8.28. The number of benzene rings is 3. The molecule has 0 saturated carbocycles. The number of rotatable bonds is 16. The summed E-state index contributed by atoms with van der Waals surface area (Å²) in [6, 6.07) is 33.8. The first-order valence-corrected chi connectivity index (χ1v) is 16.5. The van der Waals surface area contributed by atoms with Crippen LogP contribution in [-0.2, 0) is 10.3 Å². The first-order chi connectivity index (χ1) is 20.7. The number of methoxy groups -OCH3 is 1. The van der Waals surface area contributed by atoms with E-state index in [1.54, 1.807) is 7.11 Å². The van der Waals surface area contributed by atoms with Crippen molar-refractivity contribution in [3.05, 3.63) is 102 Å². The number of ether oxygens (including phenoxy) is 2. The van der Waals surface area contributed by atoms with Gasteiger partial charge in [0.05, 0.1) is 44.8 Å². The molecule has 3 aromatic carbocycles. The van der Waals surface area contributed by atoms with E-state index in [1.807, 2.05) is 0 Å². The van der Waals surface area contributed by atoms with Crippen molar-refractivity contribution < 1.29 is 23.7 Å². The zero-order chi connectivity index (χ0) is 31.7. The van der Waals surface area contributed by atoms with Crippen LogP contribution in [0, 0.1) is 11.3 Å². The molecule has 4 N–H and O–H groups in total. The Morgan fingerprint density at radius 2 is 1.23 bits per heavy atom. The molecule has 43 heavy (non-hydrogen) atoms. The van der Waals surface area contributed by atoms with E-state index in [0.29, 0.717) is 25.1 Å². The number of quaternary nitrogens is 1. The minimum Gasteiger partial charge on any atom is -0.497 e. The summed E-state index contributed by atoms with van der Waals surface area (Å²) < 4.78 is 12.1. The monoisotopic (exact) mass is 608 g/mol. The minimum absolute atomic E-state index is 0.363. The molecule has 0 spiro atoms. The summed E-state index contributed by atoms with van der Waals surface area (Å²) in [6.07, 6.45) is 4.93. The molecule has 0 aliphatic heterocycles. The van der Waals surface area contributed by atoms with Crippen molar-refractivity contribution in [2.45, 2.75) is 77.4 Å². The maximum Gasteiger partial charge on any atom is 0.247 e. The molecule has 0 aliphatic carbocycles. The van der Waals surface area contributed by atoms with Gasteiger partial charge in [-0.1, -0.05) is 67.1 Å². The molecule has 0 aromatic heterocycles. The molecule has 0 saturated heterocycles. The smallest absolute Gasteiger partial charge is 0.247 e. The number of nitriles is 1. The van der Waals surface area contributed by atoms with Gasteiger partial charge in [-0.05, 0) is 71.2 Å². The van der Waals surface area contributed by atoms with Crippen LogP contribution in [0.15, 0.2) is 84.9 Å². The van der Waals surface area contributed by atoms with Gasteiger partial charge in [-0.15, -0.1) is 0 Å². The average Bonchev–Trinajstić information content (AvgIpc) is 3.00. The summed E-state index contributed by atoms with van der Waals surface area (Å²) in [6.45, 7) is 11.9. The molecule has 0 unspecified atom stereocenters. The molecule has 0 amide bonds. The lowest BCUT2D eigenvalue weighted by atomic mass is 9.71. The van der Waals surface area contributed by atoms with Crippen LogP contribution in [0.25, 0.3) is 0 Å². The number of hydrogen-bond donors (Lipinski definition) is 3. The molecule has 8 heteroatoms. The molecule has 0 heterocycles. The molecule has 3 rings (SSSR count). The fourth-order valence-corrected chi connectivity index (χ4v) is 6.62. The topological polar surface area (TPSA) is 109 Å². The fraction of sp³-hybridized carbons (Fsp3) is 0.457. The van der Waals surface area contributed by atoms with Gasteiger partial charge < -0.3 is 23.7 Å². The van der Waals surface area contributed by atoms with E-state index in [9.17, 15) is 0 Å². The molecular weight excluding hydrogens is 557 g/mol. The Hall–Kier alpha value is -2.82. The highest BCUT2D eigenvalue weighted by Crippen LogP contribution is 2.51. The first-order valence-electron chi connectivity index (χ1n) is 15.2. The Bertz CT molecular complexity index is 1150. The molecular formula is C35H51N3O4P+. The van der Waals surface area contributed by atoms with Crippen molar-refractivity contribution in [2.24, 2.45) is 5.50 Å². The zero-order valence-electron chi connectivity index (χ0n) is 26.5. The number of hydrogen-bond acceptors (Lipinski definition) is 6. The van der Waals surface area contributed by atoms with Crippen molar-refractivity contribution in [3.63, 3.8) is 0 Å². The van der Waals surface area contributed by atoms with Crippen LogP contribution in [0.1, 0.15) is 76.5 Å². The second-order valence-electron chi connectivity index (χ2n) is 11.3. The Morgan fingerprint density at radius 3 is 1.67 bits per heavy atom. The molecule has 3 aromatic rings. The second kappa shape index (κ2) is 18.8. The largest absolute Gasteiger partial charge is 0.497 e. The van der Waals surface area contributed by atoms with Gasteiger partial charge in [0.15, 0.2) is 5.54 Å². The highest BCUT2D eigenvalue weighted by molar-refractivity contribution is 7.42. The van der Waals surface area contributed by atoms with Crippen molar-refractivity contribution in [1.29, 1.82) is 5.26 Å². The SMILES string of the molecule is COc1ccc(C(c2ccccc2)(c2ccccc2)[N+](CCCCCCOCCC#N)(C(C)C)C(C)C)cc1.NP(O)O. The van der Waals surface area contributed by atoms with E-state index in [2.05, 4.69) is 124 Å². The average molecular weight is 609 g/mol. The maximum atomic E-state index is 8.71. The minimum atomic E-state index is -2.12. The molecule has 234 valence electrons. The number of unbranched alkanes of at least 4 members (excludes halogenated alkanes) is 3. The Balaban J connectivity index is 0.00000151. The Labute approximate surface area is 260 Å². The lowest BCUT2D eigenvalue weighted by Crippen LogP contribution is -2.70. The van der Waals surface area contributed by atoms with Crippen molar-refractivity contribution in [3.8, 4) is 11.8 Å². The maximum absolute atomic E-state index is 8.71. The normalized spacial score (nSPS) is 11.8. The van der Waals surface area contributed by atoms with Crippen LogP contribution in [0.2, 0.25) is 0 Å². The van der Waals surface area contributed by atoms with E-state index in [4.69, 9.17) is 24.5 Å². The van der Waals surface area contributed by atoms with Crippen molar-refractivity contribution in [1.82, 2.24) is 0 Å².